The molecule has 1 aromatic carbocycles. The number of carbonyl (C=O) groups excluding carboxylic acids is 1. The number of aryl methyl sites for hydroxylation is 1. The van der Waals surface area contributed by atoms with Crippen LogP contribution < -0.4 is 5.56 Å². The zero-order valence-electron chi connectivity index (χ0n) is 19.2. The van der Waals surface area contributed by atoms with Crippen LogP contribution >= 0.6 is 0 Å². The van der Waals surface area contributed by atoms with Crippen molar-refractivity contribution >= 4 is 5.91 Å². The van der Waals surface area contributed by atoms with Gasteiger partial charge in [-0.25, -0.2) is 0 Å². The van der Waals surface area contributed by atoms with Crippen LogP contribution in [-0.4, -0.2) is 38.1 Å². The molecule has 5 rings (SSSR count). The molecule has 1 aliphatic heterocycles. The topological polar surface area (TPSA) is 75.4 Å². The van der Waals surface area contributed by atoms with Crippen molar-refractivity contribution in [3.05, 3.63) is 56.8 Å². The van der Waals surface area contributed by atoms with Gasteiger partial charge in [-0.2, -0.15) is 4.98 Å². The number of carbonyl (C=O) groups is 1. The molecule has 2 heterocycles. The lowest BCUT2D eigenvalue weighted by Gasteiger charge is -2.37. The number of benzene rings is 1. The summed E-state index contributed by atoms with van der Waals surface area (Å²) in [5.74, 6) is -0.140. The summed E-state index contributed by atoms with van der Waals surface area (Å²) in [4.78, 5) is 31.8. The average molecular weight is 436 g/mol. The normalized spacial score (nSPS) is 19.8. The Hall–Kier alpha value is -2.63. The maximum absolute atomic E-state index is 13.1. The minimum atomic E-state index is -0.687. The van der Waals surface area contributed by atoms with Crippen LogP contribution in [-0.2, 0) is 31.2 Å². The monoisotopic (exact) mass is 435 g/mol. The van der Waals surface area contributed by atoms with Crippen molar-refractivity contribution in [2.75, 3.05) is 6.54 Å². The molecule has 6 nitrogen and oxygen atoms in total. The molecule has 32 heavy (non-hydrogen) atoms. The molecule has 0 unspecified atom stereocenters. The first-order valence-electron chi connectivity index (χ1n) is 12.2. The van der Waals surface area contributed by atoms with Crippen LogP contribution in [0.4, 0.5) is 0 Å². The predicted octanol–water partition coefficient (Wildman–Crippen LogP) is 3.75. The van der Waals surface area contributed by atoms with E-state index in [1.54, 1.807) is 4.90 Å². The van der Waals surface area contributed by atoms with Gasteiger partial charge < -0.3 is 14.6 Å². The minimum absolute atomic E-state index is 0.0133. The number of hydrogen-bond donors (Lipinski definition) is 1. The van der Waals surface area contributed by atoms with Gasteiger partial charge in [-0.1, -0.05) is 31.0 Å². The van der Waals surface area contributed by atoms with Crippen LogP contribution in [0.2, 0.25) is 0 Å². The van der Waals surface area contributed by atoms with Gasteiger partial charge in [-0.05, 0) is 69.1 Å². The highest BCUT2D eigenvalue weighted by Gasteiger charge is 2.41. The van der Waals surface area contributed by atoms with Crippen LogP contribution in [0.25, 0.3) is 0 Å². The quantitative estimate of drug-likeness (QED) is 0.794. The Labute approximate surface area is 189 Å². The second-order valence-corrected chi connectivity index (χ2v) is 10.1. The summed E-state index contributed by atoms with van der Waals surface area (Å²) in [7, 11) is 0. The molecular weight excluding hydrogens is 402 g/mol. The van der Waals surface area contributed by atoms with Gasteiger partial charge in [-0.15, -0.1) is 0 Å². The molecule has 1 N–H and O–H groups in total. The molecule has 1 fully saturated rings. The zero-order valence-corrected chi connectivity index (χ0v) is 19.2. The van der Waals surface area contributed by atoms with Crippen molar-refractivity contribution in [2.24, 2.45) is 0 Å². The molecule has 1 aromatic heterocycles. The number of rotatable bonds is 4. The summed E-state index contributed by atoms with van der Waals surface area (Å²) in [5, 5.41) is 10.5. The van der Waals surface area contributed by atoms with E-state index in [0.717, 1.165) is 25.7 Å². The molecule has 2 aromatic rings. The van der Waals surface area contributed by atoms with Gasteiger partial charge in [0.1, 0.15) is 5.82 Å². The Balaban J connectivity index is 1.61. The molecule has 0 bridgehead atoms. The first kappa shape index (κ1) is 21.2. The van der Waals surface area contributed by atoms with Crippen molar-refractivity contribution < 1.29 is 9.90 Å². The Morgan fingerprint density at radius 2 is 1.81 bits per heavy atom. The van der Waals surface area contributed by atoms with Gasteiger partial charge in [-0.3, -0.25) is 9.59 Å². The lowest BCUT2D eigenvalue weighted by molar-refractivity contribution is 0.0636. The Morgan fingerprint density at radius 1 is 1.06 bits per heavy atom. The minimum Gasteiger partial charge on any atom is -0.501 e. The molecule has 1 amide bonds. The van der Waals surface area contributed by atoms with E-state index in [4.69, 9.17) is 0 Å². The first-order chi connectivity index (χ1) is 15.4. The summed E-state index contributed by atoms with van der Waals surface area (Å²) in [6.45, 7) is 5.03. The van der Waals surface area contributed by atoms with E-state index in [-0.39, 0.29) is 23.1 Å². The van der Waals surface area contributed by atoms with Gasteiger partial charge in [0.2, 0.25) is 5.75 Å². The zero-order chi connectivity index (χ0) is 22.5. The van der Waals surface area contributed by atoms with E-state index in [1.807, 2.05) is 18.4 Å². The van der Waals surface area contributed by atoms with Gasteiger partial charge in [0.15, 0.2) is 5.69 Å². The Morgan fingerprint density at radius 3 is 2.56 bits per heavy atom. The smallest absolute Gasteiger partial charge is 0.315 e. The molecule has 170 valence electrons. The number of fused-ring (bicyclic) bond motifs is 2. The van der Waals surface area contributed by atoms with Gasteiger partial charge in [0.05, 0.1) is 0 Å². The van der Waals surface area contributed by atoms with Gasteiger partial charge in [0.25, 0.3) is 5.91 Å². The van der Waals surface area contributed by atoms with Gasteiger partial charge >= 0.3 is 5.56 Å². The standard InChI is InChI=1S/C26H33N3O3/c1-17(2)28-14-15-29-21(27-24(31)23(30)22(29)25(28)32)16-26(12-5-6-13-26)20-11-7-9-18-8-3-4-10-19(18)20/h7,9,11,17,30H,3-6,8,10,12-16H2,1-2H3. The summed E-state index contributed by atoms with van der Waals surface area (Å²) in [6, 6.07) is 6.76. The Kier molecular flexibility index (Phi) is 5.34. The fraction of sp³-hybridized carbons (Fsp3) is 0.577. The number of amides is 1. The second-order valence-electron chi connectivity index (χ2n) is 10.1. The van der Waals surface area contributed by atoms with E-state index in [2.05, 4.69) is 23.2 Å². The summed E-state index contributed by atoms with van der Waals surface area (Å²) >= 11 is 0. The largest absolute Gasteiger partial charge is 0.501 e. The molecule has 6 heteroatoms. The molecule has 0 atom stereocenters. The maximum atomic E-state index is 13.1. The lowest BCUT2D eigenvalue weighted by Crippen LogP contribution is -2.47. The molecular formula is C26H33N3O3. The number of nitrogens with zero attached hydrogens (tertiary/aromatic N) is 3. The highest BCUT2D eigenvalue weighted by Crippen LogP contribution is 2.46. The maximum Gasteiger partial charge on any atom is 0.315 e. The van der Waals surface area contributed by atoms with Crippen molar-refractivity contribution in [3.63, 3.8) is 0 Å². The van der Waals surface area contributed by atoms with E-state index in [1.165, 1.54) is 42.4 Å². The fourth-order valence-corrected chi connectivity index (χ4v) is 6.29. The summed E-state index contributed by atoms with van der Waals surface area (Å²) in [6.07, 6.45) is 9.86. The van der Waals surface area contributed by atoms with E-state index in [9.17, 15) is 14.7 Å². The van der Waals surface area contributed by atoms with Crippen LogP contribution in [0.15, 0.2) is 23.0 Å². The fourth-order valence-electron chi connectivity index (χ4n) is 6.29. The van der Waals surface area contributed by atoms with Gasteiger partial charge in [0, 0.05) is 31.0 Å². The number of hydrogen-bond acceptors (Lipinski definition) is 4. The molecule has 2 aliphatic carbocycles. The molecule has 0 saturated heterocycles. The highest BCUT2D eigenvalue weighted by molar-refractivity contribution is 5.95. The van der Waals surface area contributed by atoms with E-state index < -0.39 is 11.3 Å². The predicted molar refractivity (Wildman–Crippen MR) is 123 cm³/mol. The molecule has 0 spiro atoms. The Bertz CT molecular complexity index is 1110. The van der Waals surface area contributed by atoms with Crippen molar-refractivity contribution in [1.82, 2.24) is 14.5 Å². The van der Waals surface area contributed by atoms with Crippen molar-refractivity contribution in [1.29, 1.82) is 0 Å². The van der Waals surface area contributed by atoms with Crippen molar-refractivity contribution in [2.45, 2.75) is 89.6 Å². The number of aromatic nitrogens is 2. The van der Waals surface area contributed by atoms with Crippen LogP contribution in [0.1, 0.15) is 85.4 Å². The summed E-state index contributed by atoms with van der Waals surface area (Å²) < 4.78 is 1.83. The third-order valence-electron chi connectivity index (χ3n) is 7.91. The molecule has 1 saturated carbocycles. The first-order valence-corrected chi connectivity index (χ1v) is 12.2. The average Bonchev–Trinajstić information content (AvgIpc) is 3.26. The van der Waals surface area contributed by atoms with E-state index in [0.29, 0.717) is 25.3 Å². The number of aromatic hydroxyl groups is 1. The second kappa shape index (κ2) is 8.05. The van der Waals surface area contributed by atoms with Crippen LogP contribution in [0, 0.1) is 0 Å². The highest BCUT2D eigenvalue weighted by atomic mass is 16.3. The molecule has 3 aliphatic rings. The lowest BCUT2D eigenvalue weighted by atomic mass is 9.71. The molecule has 0 radical (unpaired) electrons. The van der Waals surface area contributed by atoms with E-state index >= 15 is 0 Å². The van der Waals surface area contributed by atoms with Crippen molar-refractivity contribution in [3.8, 4) is 5.75 Å². The van der Waals surface area contributed by atoms with Crippen LogP contribution in [0.5, 0.6) is 5.75 Å². The summed E-state index contributed by atoms with van der Waals surface area (Å²) in [5.41, 5.74) is 3.77. The SMILES string of the molecule is CC(C)N1CCn2c(CC3(c4cccc5c4CCCC5)CCCC3)nc(=O)c(O)c2C1=O. The van der Waals surface area contributed by atoms with Crippen LogP contribution in [0.3, 0.4) is 0 Å². The third kappa shape index (κ3) is 3.35. The third-order valence-corrected chi connectivity index (χ3v) is 7.91.